The van der Waals surface area contributed by atoms with Gasteiger partial charge in [-0.25, -0.2) is 4.79 Å². The minimum Gasteiger partial charge on any atom is -0.493 e. The number of nitriles is 1. The van der Waals surface area contributed by atoms with Crippen LogP contribution in [-0.2, 0) is 4.74 Å². The summed E-state index contributed by atoms with van der Waals surface area (Å²) in [5, 5.41) is 8.54. The Bertz CT molecular complexity index is 450. The highest BCUT2D eigenvalue weighted by molar-refractivity contribution is 5.90. The van der Waals surface area contributed by atoms with Crippen LogP contribution in [0.4, 0.5) is 0 Å². The molecule has 0 amide bonds. The molecule has 5 nitrogen and oxygen atoms in total. The third-order valence-electron chi connectivity index (χ3n) is 2.08. The number of rotatable bonds is 4. The van der Waals surface area contributed by atoms with E-state index in [0.29, 0.717) is 17.1 Å². The van der Waals surface area contributed by atoms with Gasteiger partial charge in [0.1, 0.15) is 6.07 Å². The van der Waals surface area contributed by atoms with E-state index in [1.54, 1.807) is 12.1 Å². The zero-order chi connectivity index (χ0) is 12.8. The fourth-order valence-electron chi connectivity index (χ4n) is 1.22. The second kappa shape index (κ2) is 5.75. The van der Waals surface area contributed by atoms with Crippen molar-refractivity contribution in [1.82, 2.24) is 0 Å². The van der Waals surface area contributed by atoms with Crippen LogP contribution in [0.15, 0.2) is 18.2 Å². The Balaban J connectivity index is 2.93. The Morgan fingerprint density at radius 1 is 1.29 bits per heavy atom. The molecule has 1 rings (SSSR count). The molecule has 0 aliphatic rings. The van der Waals surface area contributed by atoms with Crippen molar-refractivity contribution in [3.05, 3.63) is 23.8 Å². The number of benzene rings is 1. The van der Waals surface area contributed by atoms with E-state index in [-0.39, 0.29) is 0 Å². The molecule has 0 bridgehead atoms. The lowest BCUT2D eigenvalue weighted by molar-refractivity contribution is 0.0435. The van der Waals surface area contributed by atoms with Crippen LogP contribution in [0.25, 0.3) is 0 Å². The van der Waals surface area contributed by atoms with Crippen molar-refractivity contribution in [3.63, 3.8) is 0 Å². The molecule has 0 unspecified atom stereocenters. The zero-order valence-electron chi connectivity index (χ0n) is 9.89. The standard InChI is InChI=1S/C12H13NO4/c1-8(7-13)17-12(14)9-4-5-10(15-2)11(6-9)16-3/h4-6,8H,1-3H3/t8-/m1/s1. The molecule has 0 saturated carbocycles. The summed E-state index contributed by atoms with van der Waals surface area (Å²) in [6.07, 6.45) is -0.782. The van der Waals surface area contributed by atoms with Gasteiger partial charge in [-0.15, -0.1) is 0 Å². The number of esters is 1. The molecule has 1 atom stereocenters. The Kier molecular flexibility index (Phi) is 4.35. The van der Waals surface area contributed by atoms with Crippen LogP contribution in [0.3, 0.4) is 0 Å². The van der Waals surface area contributed by atoms with E-state index in [0.717, 1.165) is 0 Å². The summed E-state index contributed by atoms with van der Waals surface area (Å²) in [4.78, 5) is 11.6. The molecule has 90 valence electrons. The molecule has 0 aliphatic carbocycles. The minimum absolute atomic E-state index is 0.310. The quantitative estimate of drug-likeness (QED) is 0.744. The van der Waals surface area contributed by atoms with Crippen molar-refractivity contribution in [2.45, 2.75) is 13.0 Å². The van der Waals surface area contributed by atoms with Crippen LogP contribution < -0.4 is 9.47 Å². The number of nitrogens with zero attached hydrogens (tertiary/aromatic N) is 1. The highest BCUT2D eigenvalue weighted by Crippen LogP contribution is 2.27. The predicted molar refractivity (Wildman–Crippen MR) is 60.0 cm³/mol. The van der Waals surface area contributed by atoms with Gasteiger partial charge in [0.05, 0.1) is 19.8 Å². The molecule has 0 aliphatic heterocycles. The molecule has 0 aromatic heterocycles. The summed E-state index contributed by atoms with van der Waals surface area (Å²) in [7, 11) is 2.98. The molecule has 0 radical (unpaired) electrons. The maximum Gasteiger partial charge on any atom is 0.339 e. The van der Waals surface area contributed by atoms with Crippen molar-refractivity contribution < 1.29 is 19.0 Å². The first-order chi connectivity index (χ1) is 8.12. The summed E-state index contributed by atoms with van der Waals surface area (Å²) in [5.74, 6) is 0.393. The Labute approximate surface area is 99.5 Å². The number of hydrogen-bond acceptors (Lipinski definition) is 5. The van der Waals surface area contributed by atoms with E-state index in [1.165, 1.54) is 27.2 Å². The van der Waals surface area contributed by atoms with Crippen LogP contribution in [0.2, 0.25) is 0 Å². The van der Waals surface area contributed by atoms with E-state index in [4.69, 9.17) is 19.5 Å². The van der Waals surface area contributed by atoms with Crippen molar-refractivity contribution in [2.24, 2.45) is 0 Å². The lowest BCUT2D eigenvalue weighted by atomic mass is 10.2. The Morgan fingerprint density at radius 3 is 2.47 bits per heavy atom. The molecule has 1 aromatic carbocycles. The second-order valence-corrected chi connectivity index (χ2v) is 3.25. The van der Waals surface area contributed by atoms with E-state index in [2.05, 4.69) is 0 Å². The molecule has 0 N–H and O–H groups in total. The van der Waals surface area contributed by atoms with Gasteiger partial charge in [0.15, 0.2) is 17.6 Å². The molecule has 0 fully saturated rings. The SMILES string of the molecule is COc1ccc(C(=O)O[C@H](C)C#N)cc1OC. The van der Waals surface area contributed by atoms with Gasteiger partial charge in [0.2, 0.25) is 0 Å². The topological polar surface area (TPSA) is 68.5 Å². The van der Waals surface area contributed by atoms with Crippen LogP contribution >= 0.6 is 0 Å². The number of carbonyl (C=O) groups excluding carboxylic acids is 1. The lowest BCUT2D eigenvalue weighted by Gasteiger charge is -2.10. The summed E-state index contributed by atoms with van der Waals surface area (Å²) in [5.41, 5.74) is 0.310. The van der Waals surface area contributed by atoms with Crippen LogP contribution in [0.5, 0.6) is 11.5 Å². The zero-order valence-corrected chi connectivity index (χ0v) is 9.89. The van der Waals surface area contributed by atoms with Gasteiger partial charge in [-0.2, -0.15) is 5.26 Å². The summed E-state index contributed by atoms with van der Waals surface area (Å²) >= 11 is 0. The van der Waals surface area contributed by atoms with Crippen LogP contribution in [-0.4, -0.2) is 26.3 Å². The minimum atomic E-state index is -0.782. The van der Waals surface area contributed by atoms with Crippen molar-refractivity contribution in [2.75, 3.05) is 14.2 Å². The van der Waals surface area contributed by atoms with Gasteiger partial charge in [-0.3, -0.25) is 0 Å². The van der Waals surface area contributed by atoms with Crippen LogP contribution in [0, 0.1) is 11.3 Å². The normalized spacial score (nSPS) is 11.2. The highest BCUT2D eigenvalue weighted by Gasteiger charge is 2.14. The second-order valence-electron chi connectivity index (χ2n) is 3.25. The summed E-state index contributed by atoms with van der Waals surface area (Å²) in [6, 6.07) is 6.48. The van der Waals surface area contributed by atoms with Crippen molar-refractivity contribution in [1.29, 1.82) is 5.26 Å². The molecule has 0 heterocycles. The predicted octanol–water partition coefficient (Wildman–Crippen LogP) is 1.77. The van der Waals surface area contributed by atoms with Crippen molar-refractivity contribution >= 4 is 5.97 Å². The largest absolute Gasteiger partial charge is 0.493 e. The first-order valence-electron chi connectivity index (χ1n) is 4.95. The number of hydrogen-bond donors (Lipinski definition) is 0. The summed E-state index contributed by atoms with van der Waals surface area (Å²) < 4.78 is 15.0. The first-order valence-corrected chi connectivity index (χ1v) is 4.95. The van der Waals surface area contributed by atoms with E-state index < -0.39 is 12.1 Å². The third kappa shape index (κ3) is 3.11. The van der Waals surface area contributed by atoms with E-state index in [9.17, 15) is 4.79 Å². The molecular weight excluding hydrogens is 222 g/mol. The van der Waals surface area contributed by atoms with Gasteiger partial charge >= 0.3 is 5.97 Å². The fraction of sp³-hybridized carbons (Fsp3) is 0.333. The van der Waals surface area contributed by atoms with Crippen molar-refractivity contribution in [3.8, 4) is 17.6 Å². The number of methoxy groups -OCH3 is 2. The molecular formula is C12H13NO4. The lowest BCUT2D eigenvalue weighted by Crippen LogP contribution is -2.13. The highest BCUT2D eigenvalue weighted by atomic mass is 16.5. The monoisotopic (exact) mass is 235 g/mol. The van der Waals surface area contributed by atoms with E-state index in [1.807, 2.05) is 6.07 Å². The van der Waals surface area contributed by atoms with Gasteiger partial charge < -0.3 is 14.2 Å². The molecule has 17 heavy (non-hydrogen) atoms. The average molecular weight is 235 g/mol. The summed E-state index contributed by atoms with van der Waals surface area (Å²) in [6.45, 7) is 1.50. The molecule has 5 heteroatoms. The molecule has 0 saturated heterocycles. The Morgan fingerprint density at radius 2 is 1.94 bits per heavy atom. The van der Waals surface area contributed by atoms with Gasteiger partial charge in [0.25, 0.3) is 0 Å². The molecule has 0 spiro atoms. The smallest absolute Gasteiger partial charge is 0.339 e. The maximum atomic E-state index is 11.6. The third-order valence-corrected chi connectivity index (χ3v) is 2.08. The Hall–Kier alpha value is -2.22. The van der Waals surface area contributed by atoms with Gasteiger partial charge in [-0.05, 0) is 25.1 Å². The number of carbonyl (C=O) groups is 1. The first kappa shape index (κ1) is 12.8. The number of ether oxygens (including phenoxy) is 3. The van der Waals surface area contributed by atoms with Crippen LogP contribution in [0.1, 0.15) is 17.3 Å². The fourth-order valence-corrected chi connectivity index (χ4v) is 1.22. The average Bonchev–Trinajstić information content (AvgIpc) is 2.37. The van der Waals surface area contributed by atoms with Gasteiger partial charge in [0, 0.05) is 0 Å². The molecule has 1 aromatic rings. The maximum absolute atomic E-state index is 11.6. The van der Waals surface area contributed by atoms with E-state index >= 15 is 0 Å². The van der Waals surface area contributed by atoms with Gasteiger partial charge in [-0.1, -0.05) is 0 Å².